The van der Waals surface area contributed by atoms with E-state index in [0.29, 0.717) is 11.3 Å². The fourth-order valence-corrected chi connectivity index (χ4v) is 2.91. The Balaban J connectivity index is 1.65. The summed E-state index contributed by atoms with van der Waals surface area (Å²) in [6, 6.07) is 15.8. The first kappa shape index (κ1) is 18.5. The molecule has 26 heavy (non-hydrogen) atoms. The highest BCUT2D eigenvalue weighted by molar-refractivity contribution is 5.94. The molecule has 7 heteroatoms. The molecular weight excluding hydrogens is 338 g/mol. The third-order valence-electron chi connectivity index (χ3n) is 4.41. The Morgan fingerprint density at radius 1 is 1.00 bits per heavy atom. The summed E-state index contributed by atoms with van der Waals surface area (Å²) in [6.45, 7) is -0.492. The molecule has 2 aromatic rings. The van der Waals surface area contributed by atoms with E-state index in [9.17, 15) is 20.1 Å². The Morgan fingerprint density at radius 2 is 1.62 bits per heavy atom. The largest absolute Gasteiger partial charge is 0.394 e. The van der Waals surface area contributed by atoms with Crippen molar-refractivity contribution in [2.24, 2.45) is 0 Å². The van der Waals surface area contributed by atoms with Crippen LogP contribution in [-0.4, -0.2) is 57.4 Å². The van der Waals surface area contributed by atoms with Crippen LogP contribution in [0.2, 0.25) is 0 Å². The molecule has 138 valence electrons. The monoisotopic (exact) mass is 359 g/mol. The quantitative estimate of drug-likeness (QED) is 0.520. The fraction of sp³-hybridized carbons (Fsp3) is 0.316. The molecule has 5 atom stereocenters. The lowest BCUT2D eigenvalue weighted by Crippen LogP contribution is -2.39. The number of nitrogens with one attached hydrogen (secondary N) is 1. The van der Waals surface area contributed by atoms with Crippen molar-refractivity contribution in [2.45, 2.75) is 30.5 Å². The molecule has 3 rings (SSSR count). The van der Waals surface area contributed by atoms with Crippen molar-refractivity contribution < 1.29 is 30.0 Å². The topological polar surface area (TPSA) is 119 Å². The van der Waals surface area contributed by atoms with E-state index in [0.717, 1.165) is 5.56 Å². The van der Waals surface area contributed by atoms with Gasteiger partial charge in [-0.1, -0.05) is 42.5 Å². The van der Waals surface area contributed by atoms with Gasteiger partial charge in [-0.05, 0) is 23.3 Å². The average Bonchev–Trinajstić information content (AvgIpc) is 2.97. The molecule has 0 aromatic heterocycles. The number of aliphatic hydroxyl groups is 4. The molecule has 2 aromatic carbocycles. The molecule has 1 saturated heterocycles. The number of amides is 1. The number of carbonyl (C=O) groups excluding carboxylic acids is 1. The highest BCUT2D eigenvalue weighted by atomic mass is 16.6. The smallest absolute Gasteiger partial charge is 0.256 e. The number of anilines is 1. The minimum Gasteiger partial charge on any atom is -0.394 e. The van der Waals surface area contributed by atoms with Gasteiger partial charge in [0.25, 0.3) is 5.91 Å². The van der Waals surface area contributed by atoms with Crippen molar-refractivity contribution >= 4 is 11.6 Å². The van der Waals surface area contributed by atoms with Gasteiger partial charge in [0.2, 0.25) is 0 Å². The van der Waals surface area contributed by atoms with E-state index in [1.54, 1.807) is 24.3 Å². The minimum atomic E-state index is -1.41. The summed E-state index contributed by atoms with van der Waals surface area (Å²) >= 11 is 0. The second-order valence-corrected chi connectivity index (χ2v) is 6.18. The lowest BCUT2D eigenvalue weighted by atomic mass is 10.0. The summed E-state index contributed by atoms with van der Waals surface area (Å²) < 4.78 is 5.19. The second-order valence-electron chi connectivity index (χ2n) is 6.18. The van der Waals surface area contributed by atoms with Crippen LogP contribution in [0.4, 0.5) is 5.69 Å². The minimum absolute atomic E-state index is 0.455. The number of hydrogen-bond acceptors (Lipinski definition) is 6. The number of hydrogen-bond donors (Lipinski definition) is 5. The van der Waals surface area contributed by atoms with Gasteiger partial charge < -0.3 is 30.5 Å². The van der Waals surface area contributed by atoms with E-state index < -0.39 is 43.0 Å². The van der Waals surface area contributed by atoms with E-state index in [1.807, 2.05) is 30.3 Å². The van der Waals surface area contributed by atoms with Gasteiger partial charge in [-0.3, -0.25) is 4.79 Å². The first-order valence-corrected chi connectivity index (χ1v) is 8.27. The molecule has 0 spiro atoms. The molecule has 1 unspecified atom stereocenters. The molecule has 5 N–H and O–H groups in total. The summed E-state index contributed by atoms with van der Waals surface area (Å²) in [6.07, 6.45) is -5.77. The van der Waals surface area contributed by atoms with Gasteiger partial charge in [-0.25, -0.2) is 0 Å². The highest BCUT2D eigenvalue weighted by Crippen LogP contribution is 2.25. The summed E-state index contributed by atoms with van der Waals surface area (Å²) in [5, 5.41) is 41.6. The van der Waals surface area contributed by atoms with Gasteiger partial charge in [-0.2, -0.15) is 0 Å². The summed E-state index contributed by atoms with van der Waals surface area (Å²) in [7, 11) is 0. The van der Waals surface area contributed by atoms with Gasteiger partial charge >= 0.3 is 0 Å². The van der Waals surface area contributed by atoms with Crippen LogP contribution in [0.25, 0.3) is 0 Å². The Labute approximate surface area is 150 Å². The number of aliphatic hydroxyl groups excluding tert-OH is 4. The SMILES string of the molecule is O=C(Nc1ccc(C(O)c2ccccc2)cc1)[C@@H]1O[C@H](CO)[C@@H](O)[C@H]1O. The zero-order chi connectivity index (χ0) is 18.7. The van der Waals surface area contributed by atoms with Crippen LogP contribution >= 0.6 is 0 Å². The Bertz CT molecular complexity index is 735. The number of benzene rings is 2. The van der Waals surface area contributed by atoms with Crippen molar-refractivity contribution in [1.29, 1.82) is 0 Å². The highest BCUT2D eigenvalue weighted by Gasteiger charge is 2.45. The van der Waals surface area contributed by atoms with Crippen LogP contribution in [0.15, 0.2) is 54.6 Å². The lowest BCUT2D eigenvalue weighted by Gasteiger charge is -2.15. The molecule has 0 bridgehead atoms. The Hall–Kier alpha value is -2.29. The van der Waals surface area contributed by atoms with Crippen LogP contribution in [0.3, 0.4) is 0 Å². The van der Waals surface area contributed by atoms with Crippen LogP contribution in [-0.2, 0) is 9.53 Å². The number of ether oxygens (including phenoxy) is 1. The first-order chi connectivity index (χ1) is 12.5. The maximum atomic E-state index is 12.2. The van der Waals surface area contributed by atoms with Crippen LogP contribution < -0.4 is 5.32 Å². The van der Waals surface area contributed by atoms with Crippen LogP contribution in [0.1, 0.15) is 17.2 Å². The second kappa shape index (κ2) is 7.94. The molecule has 1 aliphatic rings. The Kier molecular flexibility index (Phi) is 5.65. The van der Waals surface area contributed by atoms with Crippen LogP contribution in [0, 0.1) is 0 Å². The van der Waals surface area contributed by atoms with Crippen molar-refractivity contribution in [3.63, 3.8) is 0 Å². The van der Waals surface area contributed by atoms with Gasteiger partial charge in [0, 0.05) is 5.69 Å². The summed E-state index contributed by atoms with van der Waals surface area (Å²) in [5.74, 6) is -0.621. The Morgan fingerprint density at radius 3 is 2.19 bits per heavy atom. The number of rotatable bonds is 5. The molecule has 7 nitrogen and oxygen atoms in total. The van der Waals surface area contributed by atoms with Crippen molar-refractivity contribution in [2.75, 3.05) is 11.9 Å². The van der Waals surface area contributed by atoms with Gasteiger partial charge in [0.1, 0.15) is 24.4 Å². The standard InChI is InChI=1S/C19H21NO6/c21-10-14-16(23)17(24)18(26-14)19(25)20-13-8-6-12(7-9-13)15(22)11-4-2-1-3-5-11/h1-9,14-18,21-24H,10H2,(H,20,25)/t14-,15?,16-,17-,18-/m1/s1. The summed E-state index contributed by atoms with van der Waals surface area (Å²) in [5.41, 5.74) is 1.88. The zero-order valence-electron chi connectivity index (χ0n) is 13.9. The molecule has 0 aliphatic carbocycles. The molecule has 1 fully saturated rings. The predicted molar refractivity (Wildman–Crippen MR) is 93.3 cm³/mol. The van der Waals surface area contributed by atoms with Gasteiger partial charge in [0.05, 0.1) is 6.61 Å². The predicted octanol–water partition coefficient (Wildman–Crippen LogP) is 0.188. The van der Waals surface area contributed by atoms with E-state index in [-0.39, 0.29) is 0 Å². The normalized spacial score (nSPS) is 26.5. The molecule has 0 radical (unpaired) electrons. The van der Waals surface area contributed by atoms with E-state index in [1.165, 1.54) is 0 Å². The van der Waals surface area contributed by atoms with E-state index >= 15 is 0 Å². The van der Waals surface area contributed by atoms with Gasteiger partial charge in [0.15, 0.2) is 6.10 Å². The third-order valence-corrected chi connectivity index (χ3v) is 4.41. The average molecular weight is 359 g/mol. The molecule has 0 saturated carbocycles. The maximum Gasteiger partial charge on any atom is 0.256 e. The summed E-state index contributed by atoms with van der Waals surface area (Å²) in [4.78, 5) is 12.2. The lowest BCUT2D eigenvalue weighted by molar-refractivity contribution is -0.130. The molecule has 1 amide bonds. The van der Waals surface area contributed by atoms with Crippen molar-refractivity contribution in [3.8, 4) is 0 Å². The number of carbonyl (C=O) groups is 1. The van der Waals surface area contributed by atoms with E-state index in [4.69, 9.17) is 9.84 Å². The molecule has 1 aliphatic heterocycles. The van der Waals surface area contributed by atoms with Gasteiger partial charge in [-0.15, -0.1) is 0 Å². The maximum absolute atomic E-state index is 12.2. The van der Waals surface area contributed by atoms with Crippen molar-refractivity contribution in [3.05, 3.63) is 65.7 Å². The van der Waals surface area contributed by atoms with Crippen molar-refractivity contribution in [1.82, 2.24) is 0 Å². The van der Waals surface area contributed by atoms with Crippen LogP contribution in [0.5, 0.6) is 0 Å². The fourth-order valence-electron chi connectivity index (χ4n) is 2.91. The first-order valence-electron chi connectivity index (χ1n) is 8.27. The zero-order valence-corrected chi connectivity index (χ0v) is 13.9. The van der Waals surface area contributed by atoms with E-state index in [2.05, 4.69) is 5.32 Å². The third kappa shape index (κ3) is 3.77. The molecule has 1 heterocycles. The molecular formula is C19H21NO6.